The molecule has 0 radical (unpaired) electrons. The van der Waals surface area contributed by atoms with Crippen LogP contribution < -0.4 is 10.5 Å². The minimum atomic E-state index is -3.90. The van der Waals surface area contributed by atoms with Crippen molar-refractivity contribution in [2.45, 2.75) is 68.8 Å². The summed E-state index contributed by atoms with van der Waals surface area (Å²) in [6.07, 6.45) is 4.37. The summed E-state index contributed by atoms with van der Waals surface area (Å²) in [5.74, 6) is 0.0704. The van der Waals surface area contributed by atoms with Crippen LogP contribution in [0.2, 0.25) is 0 Å². The fraction of sp³-hybridized carbons (Fsp3) is 0.750. The van der Waals surface area contributed by atoms with Crippen molar-refractivity contribution in [2.24, 2.45) is 5.73 Å². The highest BCUT2D eigenvalue weighted by molar-refractivity contribution is 7.89. The molecule has 1 saturated carbocycles. The van der Waals surface area contributed by atoms with Crippen LogP contribution in [0.25, 0.3) is 0 Å². The van der Waals surface area contributed by atoms with Gasteiger partial charge in [-0.05, 0) is 39.5 Å². The van der Waals surface area contributed by atoms with Crippen molar-refractivity contribution < 1.29 is 17.7 Å². The lowest BCUT2D eigenvalue weighted by molar-refractivity contribution is -0.138. The van der Waals surface area contributed by atoms with Gasteiger partial charge in [0.25, 0.3) is 0 Å². The van der Waals surface area contributed by atoms with Crippen LogP contribution in [0, 0.1) is 13.8 Å². The molecule has 2 aliphatic rings. The summed E-state index contributed by atoms with van der Waals surface area (Å²) in [6.45, 7) is 4.24. The molecule has 26 heavy (non-hydrogen) atoms. The highest BCUT2D eigenvalue weighted by Crippen LogP contribution is 2.34. The van der Waals surface area contributed by atoms with Gasteiger partial charge in [-0.15, -0.1) is 12.4 Å². The van der Waals surface area contributed by atoms with Gasteiger partial charge in [-0.25, -0.2) is 8.42 Å². The van der Waals surface area contributed by atoms with E-state index in [-0.39, 0.29) is 35.0 Å². The SMILES string of the molecule is Cc1noc(C)c1S(=O)(=O)NC1(C(=O)N2CCCC(N)C2)CCCC1.Cl. The van der Waals surface area contributed by atoms with Gasteiger partial charge in [-0.1, -0.05) is 18.0 Å². The number of aromatic nitrogens is 1. The summed E-state index contributed by atoms with van der Waals surface area (Å²) in [6, 6.07) is -0.0460. The number of sulfonamides is 1. The van der Waals surface area contributed by atoms with Gasteiger partial charge in [0.2, 0.25) is 15.9 Å². The van der Waals surface area contributed by atoms with Gasteiger partial charge in [0.05, 0.1) is 0 Å². The fourth-order valence-corrected chi connectivity index (χ4v) is 5.75. The lowest BCUT2D eigenvalue weighted by atomic mass is 9.95. The molecule has 0 spiro atoms. The van der Waals surface area contributed by atoms with E-state index in [0.29, 0.717) is 31.6 Å². The first-order valence-electron chi connectivity index (χ1n) is 8.77. The number of hydrogen-bond acceptors (Lipinski definition) is 6. The molecule has 1 amide bonds. The Morgan fingerprint density at radius 1 is 1.31 bits per heavy atom. The Morgan fingerprint density at radius 2 is 1.96 bits per heavy atom. The van der Waals surface area contributed by atoms with Crippen LogP contribution >= 0.6 is 12.4 Å². The van der Waals surface area contributed by atoms with Gasteiger partial charge in [-0.3, -0.25) is 4.79 Å². The zero-order chi connectivity index (χ0) is 18.2. The predicted molar refractivity (Wildman–Crippen MR) is 98.5 cm³/mol. The average Bonchev–Trinajstić information content (AvgIpc) is 3.14. The predicted octanol–water partition coefficient (Wildman–Crippen LogP) is 1.25. The Bertz CT molecular complexity index is 739. The van der Waals surface area contributed by atoms with E-state index in [1.54, 1.807) is 18.7 Å². The second-order valence-corrected chi connectivity index (χ2v) is 8.82. The van der Waals surface area contributed by atoms with Gasteiger partial charge in [0, 0.05) is 19.1 Å². The van der Waals surface area contributed by atoms with E-state index in [0.717, 1.165) is 25.7 Å². The second kappa shape index (κ2) is 7.84. The Balaban J connectivity index is 0.00000243. The number of nitrogens with zero attached hydrogens (tertiary/aromatic N) is 2. The average molecular weight is 407 g/mol. The van der Waals surface area contributed by atoms with Crippen molar-refractivity contribution in [3.05, 3.63) is 11.5 Å². The van der Waals surface area contributed by atoms with Crippen LogP contribution in [0.4, 0.5) is 0 Å². The summed E-state index contributed by atoms with van der Waals surface area (Å²) in [7, 11) is -3.90. The Labute approximate surface area is 160 Å². The van der Waals surface area contributed by atoms with Crippen molar-refractivity contribution in [3.63, 3.8) is 0 Å². The number of aryl methyl sites for hydroxylation is 2. The molecule has 3 N–H and O–H groups in total. The van der Waals surface area contributed by atoms with E-state index in [4.69, 9.17) is 10.3 Å². The number of hydrogen-bond donors (Lipinski definition) is 2. The van der Waals surface area contributed by atoms with Crippen LogP contribution in [0.15, 0.2) is 9.42 Å². The number of nitrogens with one attached hydrogen (secondary N) is 1. The lowest BCUT2D eigenvalue weighted by Crippen LogP contribution is -2.60. The van der Waals surface area contributed by atoms with E-state index in [2.05, 4.69) is 9.88 Å². The zero-order valence-electron chi connectivity index (χ0n) is 15.2. The third-order valence-corrected chi connectivity index (χ3v) is 6.96. The molecular formula is C16H27ClN4O4S. The number of amides is 1. The van der Waals surface area contributed by atoms with Crippen LogP contribution in [-0.4, -0.2) is 49.1 Å². The van der Waals surface area contributed by atoms with Gasteiger partial charge in [0.1, 0.15) is 16.1 Å². The van der Waals surface area contributed by atoms with E-state index in [1.165, 1.54) is 0 Å². The zero-order valence-corrected chi connectivity index (χ0v) is 16.8. The highest BCUT2D eigenvalue weighted by atomic mass is 35.5. The first-order chi connectivity index (χ1) is 11.8. The molecule has 10 heteroatoms. The first-order valence-corrected chi connectivity index (χ1v) is 10.3. The maximum atomic E-state index is 13.2. The Kier molecular flexibility index (Phi) is 6.37. The molecular weight excluding hydrogens is 380 g/mol. The molecule has 1 aliphatic carbocycles. The van der Waals surface area contributed by atoms with Crippen molar-refractivity contribution >= 4 is 28.3 Å². The summed E-state index contributed by atoms with van der Waals surface area (Å²) in [5, 5.41) is 3.72. The first kappa shape index (κ1) is 21.1. The number of nitrogens with two attached hydrogens (primary N) is 1. The molecule has 148 valence electrons. The monoisotopic (exact) mass is 406 g/mol. The molecule has 2 fully saturated rings. The smallest absolute Gasteiger partial charge is 0.246 e. The molecule has 1 atom stereocenters. The molecule has 1 aromatic rings. The number of piperidine rings is 1. The molecule has 0 bridgehead atoms. The van der Waals surface area contributed by atoms with E-state index >= 15 is 0 Å². The summed E-state index contributed by atoms with van der Waals surface area (Å²) >= 11 is 0. The minimum Gasteiger partial charge on any atom is -0.360 e. The van der Waals surface area contributed by atoms with Crippen molar-refractivity contribution in [1.29, 1.82) is 0 Å². The molecule has 1 unspecified atom stereocenters. The maximum Gasteiger partial charge on any atom is 0.246 e. The van der Waals surface area contributed by atoms with E-state index < -0.39 is 15.6 Å². The van der Waals surface area contributed by atoms with E-state index in [9.17, 15) is 13.2 Å². The number of likely N-dealkylation sites (tertiary alicyclic amines) is 1. The summed E-state index contributed by atoms with van der Waals surface area (Å²) < 4.78 is 33.6. The Hall–Kier alpha value is -1.16. The number of carbonyl (C=O) groups is 1. The van der Waals surface area contributed by atoms with Crippen molar-refractivity contribution in [2.75, 3.05) is 13.1 Å². The van der Waals surface area contributed by atoms with Gasteiger partial charge in [0.15, 0.2) is 5.76 Å². The van der Waals surface area contributed by atoms with Crippen LogP contribution in [-0.2, 0) is 14.8 Å². The largest absolute Gasteiger partial charge is 0.360 e. The summed E-state index contributed by atoms with van der Waals surface area (Å²) in [5.41, 5.74) is 5.20. The molecule has 3 rings (SSSR count). The minimum absolute atomic E-state index is 0. The van der Waals surface area contributed by atoms with Gasteiger partial charge in [-0.2, -0.15) is 4.72 Å². The van der Waals surface area contributed by atoms with Gasteiger partial charge < -0.3 is 15.2 Å². The molecule has 1 aliphatic heterocycles. The standard InChI is InChI=1S/C16H26N4O4S.ClH/c1-11-14(12(2)24-18-11)25(22,23)19-16(7-3-4-8-16)15(21)20-9-5-6-13(17)10-20;/h13,19H,3-10,17H2,1-2H3;1H. The third-order valence-electron chi connectivity index (χ3n) is 5.18. The molecule has 0 aromatic carbocycles. The fourth-order valence-electron chi connectivity index (χ4n) is 4.00. The molecule has 1 saturated heterocycles. The molecule has 8 nitrogen and oxygen atoms in total. The lowest BCUT2D eigenvalue weighted by Gasteiger charge is -2.38. The van der Waals surface area contributed by atoms with Crippen LogP contribution in [0.5, 0.6) is 0 Å². The maximum absolute atomic E-state index is 13.2. The van der Waals surface area contributed by atoms with Crippen molar-refractivity contribution in [1.82, 2.24) is 14.8 Å². The molecule has 2 heterocycles. The highest BCUT2D eigenvalue weighted by Gasteiger charge is 2.47. The van der Waals surface area contributed by atoms with E-state index in [1.807, 2.05) is 0 Å². The van der Waals surface area contributed by atoms with Crippen molar-refractivity contribution in [3.8, 4) is 0 Å². The van der Waals surface area contributed by atoms with Crippen LogP contribution in [0.1, 0.15) is 50.0 Å². The summed E-state index contributed by atoms with van der Waals surface area (Å²) in [4.78, 5) is 14.9. The van der Waals surface area contributed by atoms with Gasteiger partial charge >= 0.3 is 0 Å². The topological polar surface area (TPSA) is 119 Å². The normalized spacial score (nSPS) is 22.9. The third kappa shape index (κ3) is 3.90. The second-order valence-electron chi connectivity index (χ2n) is 7.20. The number of halogens is 1. The number of rotatable bonds is 4. The quantitative estimate of drug-likeness (QED) is 0.776. The molecule has 1 aromatic heterocycles. The van der Waals surface area contributed by atoms with Crippen LogP contribution in [0.3, 0.4) is 0 Å². The number of carbonyl (C=O) groups excluding carboxylic acids is 1. The Morgan fingerprint density at radius 3 is 2.50 bits per heavy atom.